The number of thioether (sulfide) groups is 1. The Hall–Kier alpha value is -3.58. The van der Waals surface area contributed by atoms with Crippen LogP contribution in [0, 0.1) is 0 Å². The minimum absolute atomic E-state index is 0.148. The lowest BCUT2D eigenvalue weighted by Gasteiger charge is -2.24. The Kier molecular flexibility index (Phi) is 6.39. The molecule has 3 heterocycles. The number of fused-ring (bicyclic) bond motifs is 1. The first kappa shape index (κ1) is 21.3. The Morgan fingerprint density at radius 2 is 1.85 bits per heavy atom. The van der Waals surface area contributed by atoms with Crippen LogP contribution in [0.15, 0.2) is 90.5 Å². The largest absolute Gasteiger partial charge is 0.364 e. The van der Waals surface area contributed by atoms with Gasteiger partial charge < -0.3 is 14.8 Å². The summed E-state index contributed by atoms with van der Waals surface area (Å²) in [5.41, 5.74) is 5.64. The van der Waals surface area contributed by atoms with Crippen molar-refractivity contribution in [2.24, 2.45) is 0 Å². The third kappa shape index (κ3) is 5.09. The lowest BCUT2D eigenvalue weighted by atomic mass is 10.0. The molecule has 0 bridgehead atoms. The second-order valence-corrected chi connectivity index (χ2v) is 9.03. The lowest BCUT2D eigenvalue weighted by molar-refractivity contribution is -0.128. The molecule has 33 heavy (non-hydrogen) atoms. The van der Waals surface area contributed by atoms with Crippen LogP contribution in [-0.4, -0.2) is 44.6 Å². The number of hydrogen-bond donors (Lipinski definition) is 1. The lowest BCUT2D eigenvalue weighted by Crippen LogP contribution is -2.36. The molecule has 1 amide bonds. The van der Waals surface area contributed by atoms with E-state index in [9.17, 15) is 4.79 Å². The van der Waals surface area contributed by atoms with Crippen molar-refractivity contribution in [3.8, 4) is 11.1 Å². The van der Waals surface area contributed by atoms with Crippen molar-refractivity contribution in [2.45, 2.75) is 18.0 Å². The molecule has 6 nitrogen and oxygen atoms in total. The zero-order valence-corrected chi connectivity index (χ0v) is 19.0. The van der Waals surface area contributed by atoms with Crippen molar-refractivity contribution in [1.29, 1.82) is 0 Å². The molecule has 2 aromatic heterocycles. The fourth-order valence-corrected chi connectivity index (χ4v) is 4.89. The van der Waals surface area contributed by atoms with E-state index in [4.69, 9.17) is 0 Å². The summed E-state index contributed by atoms with van der Waals surface area (Å²) in [7, 11) is 0. The van der Waals surface area contributed by atoms with E-state index in [0.717, 1.165) is 33.9 Å². The van der Waals surface area contributed by atoms with Crippen LogP contribution in [0.1, 0.15) is 11.3 Å². The summed E-state index contributed by atoms with van der Waals surface area (Å²) in [5, 5.41) is 0. The van der Waals surface area contributed by atoms with Crippen LogP contribution < -0.4 is 4.90 Å². The van der Waals surface area contributed by atoms with Crippen molar-refractivity contribution < 1.29 is 4.79 Å². The number of rotatable bonds is 6. The Bertz CT molecular complexity index is 1200. The fourth-order valence-electron chi connectivity index (χ4n) is 4.10. The van der Waals surface area contributed by atoms with Crippen LogP contribution in [0.25, 0.3) is 11.1 Å². The summed E-state index contributed by atoms with van der Waals surface area (Å²) < 4.78 is 0. The normalized spacial score (nSPS) is 13.5. The molecule has 0 atom stereocenters. The van der Waals surface area contributed by atoms with Gasteiger partial charge in [0.2, 0.25) is 5.91 Å². The molecule has 1 N–H and O–H groups in total. The number of benzene rings is 2. The Morgan fingerprint density at radius 3 is 2.64 bits per heavy atom. The van der Waals surface area contributed by atoms with E-state index in [1.54, 1.807) is 30.5 Å². The van der Waals surface area contributed by atoms with Gasteiger partial charge in [-0.2, -0.15) is 0 Å². The predicted molar refractivity (Wildman–Crippen MR) is 132 cm³/mol. The van der Waals surface area contributed by atoms with E-state index < -0.39 is 0 Å². The molecule has 7 heteroatoms. The van der Waals surface area contributed by atoms with Crippen LogP contribution >= 0.6 is 11.8 Å². The van der Waals surface area contributed by atoms with E-state index in [1.165, 1.54) is 5.56 Å². The number of H-pyrrole nitrogens is 1. The van der Waals surface area contributed by atoms with Crippen molar-refractivity contribution in [3.63, 3.8) is 0 Å². The van der Waals surface area contributed by atoms with Gasteiger partial charge in [-0.3, -0.25) is 9.78 Å². The monoisotopic (exact) mass is 455 g/mol. The molecule has 5 rings (SSSR count). The number of carbonyl (C=O) groups is 1. The molecule has 1 aliphatic rings. The van der Waals surface area contributed by atoms with Gasteiger partial charge in [0.25, 0.3) is 0 Å². The number of nitrogens with one attached hydrogen (secondary N) is 1. The van der Waals surface area contributed by atoms with Crippen LogP contribution in [0.2, 0.25) is 0 Å². The summed E-state index contributed by atoms with van der Waals surface area (Å²) in [6.45, 7) is 2.74. The second-order valence-electron chi connectivity index (χ2n) is 7.98. The molecule has 0 saturated carbocycles. The Balaban J connectivity index is 1.40. The van der Waals surface area contributed by atoms with E-state index in [0.29, 0.717) is 25.4 Å². The highest BCUT2D eigenvalue weighted by atomic mass is 32.2. The molecule has 0 aliphatic carbocycles. The second kappa shape index (κ2) is 9.92. The number of pyridine rings is 1. The van der Waals surface area contributed by atoms with Crippen molar-refractivity contribution >= 4 is 23.4 Å². The molecule has 166 valence electrons. The number of amides is 1. The van der Waals surface area contributed by atoms with Gasteiger partial charge in [0.15, 0.2) is 0 Å². The van der Waals surface area contributed by atoms with Crippen LogP contribution in [-0.2, 0) is 17.9 Å². The number of carbonyl (C=O) groups excluding carboxylic acids is 1. The number of aromatic nitrogens is 3. The first-order valence-electron chi connectivity index (χ1n) is 11.0. The van der Waals surface area contributed by atoms with Gasteiger partial charge in [0.1, 0.15) is 0 Å². The van der Waals surface area contributed by atoms with Crippen molar-refractivity contribution in [3.05, 3.63) is 96.8 Å². The molecular weight excluding hydrogens is 430 g/mol. The molecule has 0 unspecified atom stereocenters. The minimum Gasteiger partial charge on any atom is -0.364 e. The average Bonchev–Trinajstić information content (AvgIpc) is 3.31. The zero-order chi connectivity index (χ0) is 22.5. The molecule has 0 radical (unpaired) electrons. The van der Waals surface area contributed by atoms with Gasteiger partial charge in [0, 0.05) is 48.8 Å². The standard InChI is InChI=1S/C26H25N5OS/c32-26(18-33-24-8-10-27-11-9-24)31-13-12-30(17-23-15-28-19-29-23)25-7-6-21(14-22(25)16-31)20-4-2-1-3-5-20/h1-11,14-15,19H,12-13,16-18H2,(H,28,29). The summed E-state index contributed by atoms with van der Waals surface area (Å²) in [4.78, 5) is 30.0. The molecule has 1 aliphatic heterocycles. The maximum absolute atomic E-state index is 13.2. The van der Waals surface area contributed by atoms with Gasteiger partial charge in [-0.1, -0.05) is 36.4 Å². The SMILES string of the molecule is O=C(CSc1ccncc1)N1CCN(Cc2c[nH]cn2)c2ccc(-c3ccccc3)cc2C1. The average molecular weight is 456 g/mol. The van der Waals surface area contributed by atoms with E-state index in [2.05, 4.69) is 62.3 Å². The first-order chi connectivity index (χ1) is 16.3. The maximum atomic E-state index is 13.2. The molecule has 0 fully saturated rings. The number of hydrogen-bond acceptors (Lipinski definition) is 5. The molecule has 4 aromatic rings. The van der Waals surface area contributed by atoms with Crippen molar-refractivity contribution in [1.82, 2.24) is 19.9 Å². The zero-order valence-electron chi connectivity index (χ0n) is 18.2. The first-order valence-corrected chi connectivity index (χ1v) is 12.0. The van der Waals surface area contributed by atoms with Crippen LogP contribution in [0.5, 0.6) is 0 Å². The van der Waals surface area contributed by atoms with Crippen molar-refractivity contribution in [2.75, 3.05) is 23.7 Å². The molecular formula is C26H25N5OS. The predicted octanol–water partition coefficient (Wildman–Crippen LogP) is 4.61. The number of nitrogens with zero attached hydrogens (tertiary/aromatic N) is 4. The highest BCUT2D eigenvalue weighted by molar-refractivity contribution is 8.00. The number of anilines is 1. The summed E-state index contributed by atoms with van der Waals surface area (Å²) >= 11 is 1.56. The van der Waals surface area contributed by atoms with Gasteiger partial charge in [-0.25, -0.2) is 4.98 Å². The number of imidazole rings is 1. The van der Waals surface area contributed by atoms with E-state index >= 15 is 0 Å². The van der Waals surface area contributed by atoms with Crippen LogP contribution in [0.3, 0.4) is 0 Å². The Morgan fingerprint density at radius 1 is 1.00 bits per heavy atom. The maximum Gasteiger partial charge on any atom is 0.233 e. The third-order valence-electron chi connectivity index (χ3n) is 5.80. The summed E-state index contributed by atoms with van der Waals surface area (Å²) in [6, 6.07) is 20.8. The highest BCUT2D eigenvalue weighted by Crippen LogP contribution is 2.31. The Labute approximate surface area is 197 Å². The molecule has 0 spiro atoms. The fraction of sp³-hybridized carbons (Fsp3) is 0.192. The highest BCUT2D eigenvalue weighted by Gasteiger charge is 2.24. The molecule has 2 aromatic carbocycles. The van der Waals surface area contributed by atoms with Crippen LogP contribution in [0.4, 0.5) is 5.69 Å². The summed E-state index contributed by atoms with van der Waals surface area (Å²) in [5.74, 6) is 0.561. The van der Waals surface area contributed by atoms with Gasteiger partial charge in [-0.15, -0.1) is 11.8 Å². The van der Waals surface area contributed by atoms with E-state index in [-0.39, 0.29) is 5.91 Å². The van der Waals surface area contributed by atoms with Gasteiger partial charge in [-0.05, 0) is 41.0 Å². The van der Waals surface area contributed by atoms with Gasteiger partial charge >= 0.3 is 0 Å². The smallest absolute Gasteiger partial charge is 0.233 e. The topological polar surface area (TPSA) is 65.1 Å². The minimum atomic E-state index is 0.148. The van der Waals surface area contributed by atoms with E-state index in [1.807, 2.05) is 29.3 Å². The third-order valence-corrected chi connectivity index (χ3v) is 6.80. The van der Waals surface area contributed by atoms with Gasteiger partial charge in [0.05, 0.1) is 24.3 Å². The number of aromatic amines is 1. The molecule has 0 saturated heterocycles. The summed E-state index contributed by atoms with van der Waals surface area (Å²) in [6.07, 6.45) is 7.15. The quantitative estimate of drug-likeness (QED) is 0.430.